The lowest BCUT2D eigenvalue weighted by molar-refractivity contribution is 0.0997. The second-order valence-corrected chi connectivity index (χ2v) is 10.9. The van der Waals surface area contributed by atoms with Crippen molar-refractivity contribution >= 4 is 48.3 Å². The van der Waals surface area contributed by atoms with E-state index >= 15 is 0 Å². The molecule has 4 aromatic rings. The van der Waals surface area contributed by atoms with Gasteiger partial charge in [0.1, 0.15) is 0 Å². The molecule has 0 aliphatic heterocycles. The van der Waals surface area contributed by atoms with Gasteiger partial charge >= 0.3 is 0 Å². The second kappa shape index (κ2) is 11.2. The molecule has 0 bridgehead atoms. The van der Waals surface area contributed by atoms with Crippen LogP contribution in [0.4, 0.5) is 0 Å². The number of rotatable bonds is 8. The fourth-order valence-corrected chi connectivity index (χ4v) is 6.50. The van der Waals surface area contributed by atoms with E-state index in [1.165, 1.54) is 35.6 Å². The van der Waals surface area contributed by atoms with E-state index < -0.39 is 15.9 Å². The summed E-state index contributed by atoms with van der Waals surface area (Å²) in [7, 11) is -3.93. The maximum absolute atomic E-state index is 13.0. The van der Waals surface area contributed by atoms with Crippen LogP contribution in [0.2, 0.25) is 0 Å². The molecule has 8 nitrogen and oxygen atoms in total. The Balaban J connectivity index is 1.70. The maximum atomic E-state index is 13.0. The van der Waals surface area contributed by atoms with Crippen molar-refractivity contribution in [2.45, 2.75) is 24.3 Å². The quantitative estimate of drug-likeness (QED) is 0.320. The highest BCUT2D eigenvalue weighted by atomic mass is 32.2. The summed E-state index contributed by atoms with van der Waals surface area (Å²) in [4.78, 5) is 17.8. The number of aromatic nitrogens is 1. The van der Waals surface area contributed by atoms with Gasteiger partial charge in [0.05, 0.1) is 33.8 Å². The van der Waals surface area contributed by atoms with E-state index in [2.05, 4.69) is 10.9 Å². The van der Waals surface area contributed by atoms with Gasteiger partial charge in [0, 0.05) is 36.9 Å². The molecule has 0 saturated heterocycles. The van der Waals surface area contributed by atoms with Gasteiger partial charge in [-0.2, -0.15) is 19.8 Å². The highest BCUT2D eigenvalue weighted by Crippen LogP contribution is 2.27. The highest BCUT2D eigenvalue weighted by molar-refractivity contribution is 7.89. The van der Waals surface area contributed by atoms with Crippen molar-refractivity contribution in [2.24, 2.45) is 4.99 Å². The van der Waals surface area contributed by atoms with Crippen LogP contribution in [0.25, 0.3) is 21.0 Å². The summed E-state index contributed by atoms with van der Waals surface area (Å²) in [5.74, 6) is 2.08. The Kier molecular flexibility index (Phi) is 7.81. The lowest BCUT2D eigenvalue weighted by Gasteiger charge is -2.20. The zero-order valence-electron chi connectivity index (χ0n) is 19.7. The number of sulfonamides is 1. The summed E-state index contributed by atoms with van der Waals surface area (Å²) in [6, 6.07) is 21.2. The Morgan fingerprint density at radius 1 is 1.00 bits per heavy atom. The Labute approximate surface area is 218 Å². The minimum absolute atomic E-state index is 0.00220. The van der Waals surface area contributed by atoms with Crippen LogP contribution in [0.15, 0.2) is 70.6 Å². The maximum Gasteiger partial charge on any atom is 0.279 e. The molecule has 4 rings (SSSR count). The van der Waals surface area contributed by atoms with Crippen LogP contribution in [0, 0.1) is 35.0 Å². The van der Waals surface area contributed by atoms with Gasteiger partial charge in [-0.25, -0.2) is 8.42 Å². The molecule has 0 atom stereocenters. The largest absolute Gasteiger partial charge is 0.305 e. The predicted molar refractivity (Wildman–Crippen MR) is 142 cm³/mol. The topological polar surface area (TPSA) is 119 Å². The number of benzene rings is 3. The first-order chi connectivity index (χ1) is 17.9. The highest BCUT2D eigenvalue weighted by Gasteiger charge is 2.24. The Morgan fingerprint density at radius 3 is 2.32 bits per heavy atom. The molecule has 0 radical (unpaired) electrons. The lowest BCUT2D eigenvalue weighted by Crippen LogP contribution is -2.32. The summed E-state index contributed by atoms with van der Waals surface area (Å²) in [5, 5.41) is 19.8. The first-order valence-corrected chi connectivity index (χ1v) is 13.5. The summed E-state index contributed by atoms with van der Waals surface area (Å²) >= 11 is 1.37. The molecule has 0 saturated carbocycles. The number of terminal acetylenes is 1. The SMILES string of the molecule is C#CCn1c(=NC(=O)c2ccc(S(=O)(=O)N(CCC#N)CCC#N)cc2)sc2c3ccccc3ccc21. The molecule has 0 fully saturated rings. The molecule has 3 aromatic carbocycles. The van der Waals surface area contributed by atoms with Crippen molar-refractivity contribution < 1.29 is 13.2 Å². The zero-order valence-corrected chi connectivity index (χ0v) is 21.3. The summed E-state index contributed by atoms with van der Waals surface area (Å²) in [6.07, 6.45) is 5.59. The molecule has 1 heterocycles. The third kappa shape index (κ3) is 5.30. The number of hydrogen-bond donors (Lipinski definition) is 0. The number of amides is 1. The average Bonchev–Trinajstić information content (AvgIpc) is 3.26. The van der Waals surface area contributed by atoms with Crippen LogP contribution in [-0.4, -0.2) is 36.3 Å². The number of nitriles is 2. The lowest BCUT2D eigenvalue weighted by atomic mass is 10.1. The minimum atomic E-state index is -3.93. The Bertz CT molecular complexity index is 1760. The molecular formula is C27H21N5O3S2. The van der Waals surface area contributed by atoms with Gasteiger partial charge in [0.15, 0.2) is 4.80 Å². The number of nitrogens with zero attached hydrogens (tertiary/aromatic N) is 5. The van der Waals surface area contributed by atoms with Crippen LogP contribution in [-0.2, 0) is 16.6 Å². The van der Waals surface area contributed by atoms with Crippen molar-refractivity contribution in [3.63, 3.8) is 0 Å². The van der Waals surface area contributed by atoms with Crippen LogP contribution < -0.4 is 4.80 Å². The van der Waals surface area contributed by atoms with E-state index in [-0.39, 0.29) is 42.9 Å². The zero-order chi connectivity index (χ0) is 26.4. The van der Waals surface area contributed by atoms with Crippen molar-refractivity contribution in [3.8, 4) is 24.5 Å². The summed E-state index contributed by atoms with van der Waals surface area (Å²) in [6.45, 7) is 0.196. The van der Waals surface area contributed by atoms with Crippen LogP contribution in [0.5, 0.6) is 0 Å². The fraction of sp³-hybridized carbons (Fsp3) is 0.185. The average molecular weight is 528 g/mol. The molecule has 37 heavy (non-hydrogen) atoms. The van der Waals surface area contributed by atoms with Gasteiger partial charge in [-0.05, 0) is 35.7 Å². The van der Waals surface area contributed by atoms with Crippen LogP contribution >= 0.6 is 11.3 Å². The van der Waals surface area contributed by atoms with E-state index in [0.29, 0.717) is 4.80 Å². The van der Waals surface area contributed by atoms with E-state index in [0.717, 1.165) is 25.3 Å². The van der Waals surface area contributed by atoms with Gasteiger partial charge < -0.3 is 4.57 Å². The van der Waals surface area contributed by atoms with Gasteiger partial charge in [0.2, 0.25) is 10.0 Å². The normalized spacial score (nSPS) is 11.9. The molecule has 0 unspecified atom stereocenters. The van der Waals surface area contributed by atoms with Crippen LogP contribution in [0.1, 0.15) is 23.2 Å². The van der Waals surface area contributed by atoms with Crippen molar-refractivity contribution in [2.75, 3.05) is 13.1 Å². The van der Waals surface area contributed by atoms with E-state index in [4.69, 9.17) is 16.9 Å². The Hall–Kier alpha value is -4.27. The summed E-state index contributed by atoms with van der Waals surface area (Å²) < 4.78 is 29.9. The minimum Gasteiger partial charge on any atom is -0.305 e. The predicted octanol–water partition coefficient (Wildman–Crippen LogP) is 4.05. The van der Waals surface area contributed by atoms with E-state index in [9.17, 15) is 13.2 Å². The van der Waals surface area contributed by atoms with Crippen LogP contribution in [0.3, 0.4) is 0 Å². The van der Waals surface area contributed by atoms with Gasteiger partial charge in [-0.1, -0.05) is 47.6 Å². The smallest absolute Gasteiger partial charge is 0.279 e. The molecule has 184 valence electrons. The number of carbonyl (C=O) groups excluding carboxylic acids is 1. The third-order valence-corrected chi connectivity index (χ3v) is 8.75. The molecule has 0 aliphatic rings. The standard InChI is InChI=1S/C27H21N5O3S2/c1-2-17-32-24-14-11-20-7-3-4-8-23(20)25(24)36-27(32)30-26(33)21-9-12-22(13-10-21)37(34,35)31(18-5-15-28)19-6-16-29/h1,3-4,7-14H,5-6,17-19H2. The molecular weight excluding hydrogens is 506 g/mol. The van der Waals surface area contributed by atoms with Gasteiger partial charge in [0.25, 0.3) is 5.91 Å². The van der Waals surface area contributed by atoms with E-state index in [1.807, 2.05) is 53.1 Å². The number of carbonyl (C=O) groups is 1. The number of thiazole rings is 1. The fourth-order valence-electron chi connectivity index (χ4n) is 3.90. The number of hydrogen-bond acceptors (Lipinski definition) is 6. The van der Waals surface area contributed by atoms with E-state index in [1.54, 1.807) is 0 Å². The molecule has 1 aromatic heterocycles. The van der Waals surface area contributed by atoms with Crippen molar-refractivity contribution in [1.29, 1.82) is 10.5 Å². The first kappa shape index (κ1) is 25.8. The van der Waals surface area contributed by atoms with Gasteiger partial charge in [-0.15, -0.1) is 6.42 Å². The number of fused-ring (bicyclic) bond motifs is 3. The summed E-state index contributed by atoms with van der Waals surface area (Å²) in [5.41, 5.74) is 1.10. The molecule has 0 aliphatic carbocycles. The van der Waals surface area contributed by atoms with Gasteiger partial charge in [-0.3, -0.25) is 4.79 Å². The van der Waals surface area contributed by atoms with Crippen molar-refractivity contribution in [3.05, 3.63) is 71.0 Å². The molecule has 0 N–H and O–H groups in total. The monoisotopic (exact) mass is 527 g/mol. The third-order valence-electron chi connectivity index (χ3n) is 5.71. The van der Waals surface area contributed by atoms with Crippen molar-refractivity contribution in [1.82, 2.24) is 8.87 Å². The first-order valence-electron chi connectivity index (χ1n) is 11.3. The second-order valence-electron chi connectivity index (χ2n) is 7.97. The molecule has 0 spiro atoms. The Morgan fingerprint density at radius 2 is 1.68 bits per heavy atom. The molecule has 1 amide bonds. The molecule has 10 heteroatoms.